The third kappa shape index (κ3) is 6.45. The summed E-state index contributed by atoms with van der Waals surface area (Å²) in [5.74, 6) is 3.12. The molecule has 0 atom stereocenters. The number of amides is 1. The lowest BCUT2D eigenvalue weighted by molar-refractivity contribution is 0.0953. The molecule has 4 aromatic rings. The largest absolute Gasteiger partial charge is 0.497 e. The minimum Gasteiger partial charge on any atom is -0.497 e. The summed E-state index contributed by atoms with van der Waals surface area (Å²) in [5.41, 5.74) is 4.08. The van der Waals surface area contributed by atoms with E-state index in [2.05, 4.69) is 41.9 Å². The predicted octanol–water partition coefficient (Wildman–Crippen LogP) is 6.00. The van der Waals surface area contributed by atoms with Gasteiger partial charge >= 0.3 is 0 Å². The summed E-state index contributed by atoms with van der Waals surface area (Å²) in [6.07, 6.45) is 2.48. The molecule has 0 aliphatic carbocycles. The molecule has 6 heteroatoms. The summed E-state index contributed by atoms with van der Waals surface area (Å²) >= 11 is 0. The van der Waals surface area contributed by atoms with Crippen LogP contribution in [-0.2, 0) is 13.0 Å². The summed E-state index contributed by atoms with van der Waals surface area (Å²) in [7, 11) is 1.61. The van der Waals surface area contributed by atoms with Gasteiger partial charge in [0.1, 0.15) is 17.3 Å². The average molecular weight is 486 g/mol. The lowest BCUT2D eigenvalue weighted by Gasteiger charge is -2.12. The summed E-state index contributed by atoms with van der Waals surface area (Å²) in [5, 5.41) is 3.00. The van der Waals surface area contributed by atoms with Crippen molar-refractivity contribution in [2.75, 3.05) is 20.3 Å². The van der Waals surface area contributed by atoms with Crippen molar-refractivity contribution in [3.63, 3.8) is 0 Å². The number of imidazole rings is 1. The van der Waals surface area contributed by atoms with Crippen LogP contribution in [0.25, 0.3) is 11.0 Å². The Morgan fingerprint density at radius 3 is 2.39 bits per heavy atom. The number of aryl methyl sites for hydroxylation is 2. The van der Waals surface area contributed by atoms with Gasteiger partial charge in [-0.25, -0.2) is 4.98 Å². The SMILES string of the molecule is COc1ccc(C(=O)NCCCc2nc3ccccc3n2CCCOc2ccc(C(C)C)cc2)cc1. The number of ether oxygens (including phenoxy) is 2. The number of carbonyl (C=O) groups is 1. The van der Waals surface area contributed by atoms with Gasteiger partial charge in [-0.15, -0.1) is 0 Å². The van der Waals surface area contributed by atoms with E-state index in [0.29, 0.717) is 24.6 Å². The van der Waals surface area contributed by atoms with E-state index >= 15 is 0 Å². The number of nitrogens with one attached hydrogen (secondary N) is 1. The van der Waals surface area contributed by atoms with Crippen molar-refractivity contribution in [2.24, 2.45) is 0 Å². The van der Waals surface area contributed by atoms with Crippen LogP contribution < -0.4 is 14.8 Å². The lowest BCUT2D eigenvalue weighted by Crippen LogP contribution is -2.25. The van der Waals surface area contributed by atoms with E-state index in [0.717, 1.165) is 54.2 Å². The van der Waals surface area contributed by atoms with Gasteiger partial charge in [0.15, 0.2) is 0 Å². The van der Waals surface area contributed by atoms with Crippen LogP contribution in [0.5, 0.6) is 11.5 Å². The molecule has 0 saturated heterocycles. The second-order valence-electron chi connectivity index (χ2n) is 9.18. The monoisotopic (exact) mass is 485 g/mol. The van der Waals surface area contributed by atoms with Gasteiger partial charge < -0.3 is 19.4 Å². The number of methoxy groups -OCH3 is 1. The van der Waals surface area contributed by atoms with E-state index < -0.39 is 0 Å². The topological polar surface area (TPSA) is 65.4 Å². The number of rotatable bonds is 12. The van der Waals surface area contributed by atoms with E-state index in [4.69, 9.17) is 14.5 Å². The Balaban J connectivity index is 1.30. The average Bonchev–Trinajstić information content (AvgIpc) is 3.26. The minimum atomic E-state index is -0.0790. The molecule has 0 fully saturated rings. The van der Waals surface area contributed by atoms with Crippen LogP contribution in [0.4, 0.5) is 0 Å². The van der Waals surface area contributed by atoms with Crippen molar-refractivity contribution in [1.82, 2.24) is 14.9 Å². The molecule has 0 unspecified atom stereocenters. The van der Waals surface area contributed by atoms with Gasteiger partial charge in [0, 0.05) is 25.1 Å². The predicted molar refractivity (Wildman–Crippen MR) is 144 cm³/mol. The molecule has 0 radical (unpaired) electrons. The molecule has 1 heterocycles. The van der Waals surface area contributed by atoms with Crippen LogP contribution in [-0.4, -0.2) is 35.7 Å². The van der Waals surface area contributed by atoms with E-state index in [1.807, 2.05) is 30.3 Å². The minimum absolute atomic E-state index is 0.0790. The molecule has 0 saturated carbocycles. The highest BCUT2D eigenvalue weighted by molar-refractivity contribution is 5.94. The number of hydrogen-bond donors (Lipinski definition) is 1. The lowest BCUT2D eigenvalue weighted by atomic mass is 10.0. The van der Waals surface area contributed by atoms with E-state index in [1.165, 1.54) is 5.56 Å². The molecule has 4 rings (SSSR count). The van der Waals surface area contributed by atoms with Gasteiger partial charge in [0.05, 0.1) is 24.8 Å². The number of hydrogen-bond acceptors (Lipinski definition) is 4. The molecular formula is C30H35N3O3. The van der Waals surface area contributed by atoms with Crippen molar-refractivity contribution in [3.05, 3.63) is 89.7 Å². The fourth-order valence-corrected chi connectivity index (χ4v) is 4.22. The van der Waals surface area contributed by atoms with Gasteiger partial charge in [0.2, 0.25) is 0 Å². The quantitative estimate of drug-likeness (QED) is 0.250. The highest BCUT2D eigenvalue weighted by Gasteiger charge is 2.11. The molecule has 0 aliphatic heterocycles. The highest BCUT2D eigenvalue weighted by atomic mass is 16.5. The van der Waals surface area contributed by atoms with E-state index in [-0.39, 0.29) is 5.91 Å². The Morgan fingerprint density at radius 1 is 0.944 bits per heavy atom. The molecule has 188 valence electrons. The van der Waals surface area contributed by atoms with E-state index in [1.54, 1.807) is 31.4 Å². The molecule has 1 aromatic heterocycles. The van der Waals surface area contributed by atoms with Gasteiger partial charge in [0.25, 0.3) is 5.91 Å². The number of fused-ring (bicyclic) bond motifs is 1. The van der Waals surface area contributed by atoms with Crippen LogP contribution in [0.15, 0.2) is 72.8 Å². The molecule has 0 aliphatic rings. The first-order chi connectivity index (χ1) is 17.5. The number of benzene rings is 3. The van der Waals surface area contributed by atoms with Crippen LogP contribution in [0.3, 0.4) is 0 Å². The summed E-state index contributed by atoms with van der Waals surface area (Å²) in [4.78, 5) is 17.3. The van der Waals surface area contributed by atoms with Crippen molar-refractivity contribution in [3.8, 4) is 11.5 Å². The maximum atomic E-state index is 12.4. The van der Waals surface area contributed by atoms with Crippen LogP contribution >= 0.6 is 0 Å². The second-order valence-corrected chi connectivity index (χ2v) is 9.18. The summed E-state index contributed by atoms with van der Waals surface area (Å²) in [6, 6.07) is 23.7. The molecule has 1 N–H and O–H groups in total. The van der Waals surface area contributed by atoms with Gasteiger partial charge in [-0.2, -0.15) is 0 Å². The van der Waals surface area contributed by atoms with Gasteiger partial charge in [-0.3, -0.25) is 4.79 Å². The standard InChI is InChI=1S/C30H35N3O3/c1-22(2)23-11-17-26(18-12-23)36-21-7-20-33-28-9-5-4-8-27(28)32-29(33)10-6-19-31-30(34)24-13-15-25(35-3)16-14-24/h4-5,8-9,11-18,22H,6-7,10,19-21H2,1-3H3,(H,31,34). The molecule has 1 amide bonds. The fourth-order valence-electron chi connectivity index (χ4n) is 4.22. The first kappa shape index (κ1) is 25.3. The fraction of sp³-hybridized carbons (Fsp3) is 0.333. The smallest absolute Gasteiger partial charge is 0.251 e. The highest BCUT2D eigenvalue weighted by Crippen LogP contribution is 2.20. The zero-order chi connectivity index (χ0) is 25.3. The van der Waals surface area contributed by atoms with Crippen LogP contribution in [0, 0.1) is 0 Å². The molecule has 6 nitrogen and oxygen atoms in total. The van der Waals surface area contributed by atoms with Gasteiger partial charge in [-0.1, -0.05) is 38.1 Å². The Hall–Kier alpha value is -3.80. The van der Waals surface area contributed by atoms with Crippen LogP contribution in [0.2, 0.25) is 0 Å². The van der Waals surface area contributed by atoms with Crippen LogP contribution in [0.1, 0.15) is 54.4 Å². The zero-order valence-electron chi connectivity index (χ0n) is 21.4. The molecule has 0 spiro atoms. The second kappa shape index (κ2) is 12.2. The molecule has 3 aromatic carbocycles. The maximum absolute atomic E-state index is 12.4. The first-order valence-corrected chi connectivity index (χ1v) is 12.6. The van der Waals surface area contributed by atoms with Crippen molar-refractivity contribution >= 4 is 16.9 Å². The Morgan fingerprint density at radius 2 is 1.67 bits per heavy atom. The number of aromatic nitrogens is 2. The number of nitrogens with zero attached hydrogens (tertiary/aromatic N) is 2. The third-order valence-electron chi connectivity index (χ3n) is 6.29. The summed E-state index contributed by atoms with van der Waals surface area (Å²) < 4.78 is 13.4. The Kier molecular flexibility index (Phi) is 8.61. The molecule has 36 heavy (non-hydrogen) atoms. The van der Waals surface area contributed by atoms with Gasteiger partial charge in [-0.05, 0) is 72.9 Å². The first-order valence-electron chi connectivity index (χ1n) is 12.6. The Labute approximate surface area is 213 Å². The number of para-hydroxylation sites is 2. The Bertz CT molecular complexity index is 1260. The van der Waals surface area contributed by atoms with Crippen molar-refractivity contribution in [1.29, 1.82) is 0 Å². The number of carbonyl (C=O) groups excluding carboxylic acids is 1. The molecule has 0 bridgehead atoms. The molecular weight excluding hydrogens is 450 g/mol. The van der Waals surface area contributed by atoms with Crippen molar-refractivity contribution < 1.29 is 14.3 Å². The summed E-state index contributed by atoms with van der Waals surface area (Å²) in [6.45, 7) is 6.45. The third-order valence-corrected chi connectivity index (χ3v) is 6.29. The van der Waals surface area contributed by atoms with E-state index in [9.17, 15) is 4.79 Å². The zero-order valence-corrected chi connectivity index (χ0v) is 21.4. The van der Waals surface area contributed by atoms with Crippen molar-refractivity contribution in [2.45, 2.75) is 45.6 Å². The normalized spacial score (nSPS) is 11.1. The maximum Gasteiger partial charge on any atom is 0.251 e.